The maximum atomic E-state index is 9.43. The van der Waals surface area contributed by atoms with Crippen LogP contribution in [0.15, 0.2) is 49.8 Å². The Morgan fingerprint density at radius 3 is 2.44 bits per heavy atom. The first-order valence-corrected chi connectivity index (χ1v) is 7.60. The molecule has 5 heteroatoms. The topological polar surface area (TPSA) is 32.3 Å². The van der Waals surface area contributed by atoms with E-state index in [0.29, 0.717) is 11.0 Å². The zero-order valence-electron chi connectivity index (χ0n) is 9.25. The molecule has 2 rings (SSSR count). The Morgan fingerprint density at radius 1 is 0.944 bits per heavy atom. The van der Waals surface area contributed by atoms with Gasteiger partial charge in [0.05, 0.1) is 4.47 Å². The van der Waals surface area contributed by atoms with Crippen LogP contribution in [0.3, 0.4) is 0 Å². The first kappa shape index (κ1) is 13.9. The Morgan fingerprint density at radius 2 is 1.72 bits per heavy atom. The Bertz CT molecular complexity index is 572. The molecule has 0 amide bonds. The molecule has 0 unspecified atom stereocenters. The van der Waals surface area contributed by atoms with Crippen LogP contribution in [0.4, 0.5) is 5.69 Å². The summed E-state index contributed by atoms with van der Waals surface area (Å²) in [5, 5.41) is 12.8. The SMILES string of the molecule is Oc1ccc(CNc2cc(Br)ccc2Br)cc1Br. The first-order valence-electron chi connectivity index (χ1n) is 5.22. The normalized spacial score (nSPS) is 10.4. The van der Waals surface area contributed by atoms with Crippen molar-refractivity contribution in [2.75, 3.05) is 5.32 Å². The van der Waals surface area contributed by atoms with Gasteiger partial charge in [-0.2, -0.15) is 0 Å². The van der Waals surface area contributed by atoms with Crippen molar-refractivity contribution in [3.8, 4) is 5.75 Å². The van der Waals surface area contributed by atoms with Crippen LogP contribution >= 0.6 is 47.8 Å². The maximum Gasteiger partial charge on any atom is 0.129 e. The molecule has 0 atom stereocenters. The molecule has 0 aliphatic heterocycles. The number of anilines is 1. The van der Waals surface area contributed by atoms with Gasteiger partial charge >= 0.3 is 0 Å². The molecule has 0 saturated carbocycles. The third-order valence-electron chi connectivity index (χ3n) is 2.42. The van der Waals surface area contributed by atoms with Gasteiger partial charge in [0.15, 0.2) is 0 Å². The number of nitrogens with one attached hydrogen (secondary N) is 1. The molecule has 0 aliphatic carbocycles. The molecule has 0 aliphatic rings. The van der Waals surface area contributed by atoms with Gasteiger partial charge in [-0.15, -0.1) is 0 Å². The van der Waals surface area contributed by atoms with Crippen LogP contribution in [0.2, 0.25) is 0 Å². The summed E-state index contributed by atoms with van der Waals surface area (Å²) in [4.78, 5) is 0. The van der Waals surface area contributed by atoms with E-state index in [2.05, 4.69) is 53.1 Å². The van der Waals surface area contributed by atoms with Crippen LogP contribution in [-0.2, 0) is 6.54 Å². The second-order valence-corrected chi connectivity index (χ2v) is 6.39. The van der Waals surface area contributed by atoms with Crippen LogP contribution in [0.25, 0.3) is 0 Å². The van der Waals surface area contributed by atoms with E-state index in [1.54, 1.807) is 6.07 Å². The zero-order chi connectivity index (χ0) is 13.1. The Hall–Kier alpha value is -0.520. The number of phenols is 1. The van der Waals surface area contributed by atoms with Gasteiger partial charge in [-0.3, -0.25) is 0 Å². The number of rotatable bonds is 3. The molecule has 2 nitrogen and oxygen atoms in total. The van der Waals surface area contributed by atoms with E-state index < -0.39 is 0 Å². The van der Waals surface area contributed by atoms with E-state index in [9.17, 15) is 5.11 Å². The fourth-order valence-electron chi connectivity index (χ4n) is 1.49. The molecule has 2 N–H and O–H groups in total. The van der Waals surface area contributed by atoms with Crippen LogP contribution in [0.1, 0.15) is 5.56 Å². The van der Waals surface area contributed by atoms with Gasteiger partial charge in [-0.1, -0.05) is 22.0 Å². The summed E-state index contributed by atoms with van der Waals surface area (Å²) in [5.41, 5.74) is 2.11. The molecule has 18 heavy (non-hydrogen) atoms. The number of hydrogen-bond acceptors (Lipinski definition) is 2. The minimum absolute atomic E-state index is 0.252. The first-order chi connectivity index (χ1) is 8.56. The fraction of sp³-hybridized carbons (Fsp3) is 0.0769. The minimum Gasteiger partial charge on any atom is -0.507 e. The van der Waals surface area contributed by atoms with Crippen molar-refractivity contribution >= 4 is 53.5 Å². The van der Waals surface area contributed by atoms with E-state index >= 15 is 0 Å². The molecule has 0 heterocycles. The quantitative estimate of drug-likeness (QED) is 0.686. The minimum atomic E-state index is 0.252. The van der Waals surface area contributed by atoms with Gasteiger partial charge in [0.2, 0.25) is 0 Å². The molecule has 0 bridgehead atoms. The molecule has 0 spiro atoms. The second kappa shape index (κ2) is 6.08. The van der Waals surface area contributed by atoms with E-state index in [1.165, 1.54) is 0 Å². The summed E-state index contributed by atoms with van der Waals surface area (Å²) < 4.78 is 2.75. The van der Waals surface area contributed by atoms with E-state index in [0.717, 1.165) is 20.2 Å². The van der Waals surface area contributed by atoms with Gasteiger partial charge in [0.25, 0.3) is 0 Å². The largest absolute Gasteiger partial charge is 0.507 e. The molecular formula is C13H10Br3NO. The highest BCUT2D eigenvalue weighted by atomic mass is 79.9. The summed E-state index contributed by atoms with van der Waals surface area (Å²) in [6, 6.07) is 11.4. The Kier molecular flexibility index (Phi) is 4.70. The van der Waals surface area contributed by atoms with Gasteiger partial charge in [-0.05, 0) is 67.8 Å². The summed E-state index contributed by atoms with van der Waals surface area (Å²) in [6.07, 6.45) is 0. The highest BCUT2D eigenvalue weighted by molar-refractivity contribution is 9.11. The average molecular weight is 436 g/mol. The molecule has 0 saturated heterocycles. The molecule has 0 radical (unpaired) electrons. The summed E-state index contributed by atoms with van der Waals surface area (Å²) in [7, 11) is 0. The maximum absolute atomic E-state index is 9.43. The van der Waals surface area contributed by atoms with Gasteiger partial charge in [0, 0.05) is 21.2 Å². The monoisotopic (exact) mass is 433 g/mol. The molecule has 94 valence electrons. The second-order valence-electron chi connectivity index (χ2n) is 3.76. The molecular weight excluding hydrogens is 426 g/mol. The third kappa shape index (κ3) is 3.49. The lowest BCUT2D eigenvalue weighted by Crippen LogP contribution is -2.00. The van der Waals surface area contributed by atoms with Crippen LogP contribution in [-0.4, -0.2) is 5.11 Å². The molecule has 2 aromatic carbocycles. The molecule has 0 fully saturated rings. The van der Waals surface area contributed by atoms with Crippen molar-refractivity contribution in [3.05, 3.63) is 55.4 Å². The lowest BCUT2D eigenvalue weighted by Gasteiger charge is -2.10. The predicted octanol–water partition coefficient (Wildman–Crippen LogP) is 5.29. The Labute approximate surface area is 131 Å². The van der Waals surface area contributed by atoms with Crippen LogP contribution in [0, 0.1) is 0 Å². The highest BCUT2D eigenvalue weighted by Gasteiger charge is 2.02. The van der Waals surface area contributed by atoms with E-state index in [-0.39, 0.29) is 5.75 Å². The third-order valence-corrected chi connectivity index (χ3v) is 4.24. The van der Waals surface area contributed by atoms with Crippen molar-refractivity contribution in [3.63, 3.8) is 0 Å². The van der Waals surface area contributed by atoms with Gasteiger partial charge in [0.1, 0.15) is 5.75 Å². The predicted molar refractivity (Wildman–Crippen MR) is 85.0 cm³/mol. The standard InChI is InChI=1S/C13H10Br3NO/c14-9-2-3-10(15)12(6-9)17-7-8-1-4-13(18)11(16)5-8/h1-6,17-18H,7H2. The lowest BCUT2D eigenvalue weighted by molar-refractivity contribution is 0.471. The van der Waals surface area contributed by atoms with Crippen LogP contribution in [0.5, 0.6) is 5.75 Å². The fourth-order valence-corrected chi connectivity index (χ4v) is 2.66. The number of aromatic hydroxyl groups is 1. The lowest BCUT2D eigenvalue weighted by atomic mass is 10.2. The van der Waals surface area contributed by atoms with E-state index in [1.807, 2.05) is 30.3 Å². The van der Waals surface area contributed by atoms with Crippen molar-refractivity contribution in [1.29, 1.82) is 0 Å². The number of phenolic OH excluding ortho intramolecular Hbond substituents is 1. The molecule has 2 aromatic rings. The van der Waals surface area contributed by atoms with Crippen molar-refractivity contribution in [1.82, 2.24) is 0 Å². The Balaban J connectivity index is 2.11. The van der Waals surface area contributed by atoms with Crippen LogP contribution < -0.4 is 5.32 Å². The van der Waals surface area contributed by atoms with E-state index in [4.69, 9.17) is 0 Å². The summed E-state index contributed by atoms with van der Waals surface area (Å²) in [5.74, 6) is 0.252. The van der Waals surface area contributed by atoms with Gasteiger partial charge < -0.3 is 10.4 Å². The number of hydrogen-bond donors (Lipinski definition) is 2. The average Bonchev–Trinajstić information content (AvgIpc) is 2.34. The number of halogens is 3. The highest BCUT2D eigenvalue weighted by Crippen LogP contribution is 2.28. The van der Waals surface area contributed by atoms with Crippen molar-refractivity contribution in [2.24, 2.45) is 0 Å². The molecule has 0 aromatic heterocycles. The zero-order valence-corrected chi connectivity index (χ0v) is 14.0. The summed E-state index contributed by atoms with van der Waals surface area (Å²) in [6.45, 7) is 0.688. The van der Waals surface area contributed by atoms with Crippen molar-refractivity contribution < 1.29 is 5.11 Å². The smallest absolute Gasteiger partial charge is 0.129 e. The van der Waals surface area contributed by atoms with Gasteiger partial charge in [-0.25, -0.2) is 0 Å². The van der Waals surface area contributed by atoms with Crippen molar-refractivity contribution in [2.45, 2.75) is 6.54 Å². The summed E-state index contributed by atoms with van der Waals surface area (Å²) >= 11 is 10.2. The number of benzene rings is 2.